The lowest BCUT2D eigenvalue weighted by Crippen LogP contribution is -2.33. The van der Waals surface area contributed by atoms with Crippen LogP contribution in [-0.2, 0) is 0 Å². The molecule has 1 aromatic rings. The monoisotopic (exact) mass is 346 g/mol. The number of anilines is 1. The predicted molar refractivity (Wildman–Crippen MR) is 81.1 cm³/mol. The Kier molecular flexibility index (Phi) is 6.17. The summed E-state index contributed by atoms with van der Waals surface area (Å²) >= 11 is 4.81. The summed E-state index contributed by atoms with van der Waals surface area (Å²) in [4.78, 5) is 24.4. The molecule has 2 N–H and O–H groups in total. The Morgan fingerprint density at radius 3 is 2.74 bits per heavy atom. The SMILES string of the molecule is CSCCN(C)C(=O)Nc1ccc(Br)c(C(=O)O)c1. The molecule has 0 atom stereocenters. The number of nitrogens with zero attached hydrogens (tertiary/aromatic N) is 1. The summed E-state index contributed by atoms with van der Waals surface area (Å²) < 4.78 is 0.480. The number of carboxylic acid groups (broad SMARTS) is 1. The van der Waals surface area contributed by atoms with Gasteiger partial charge >= 0.3 is 12.0 Å². The zero-order valence-corrected chi connectivity index (χ0v) is 13.0. The Balaban J connectivity index is 2.74. The molecule has 0 spiro atoms. The van der Waals surface area contributed by atoms with E-state index in [2.05, 4.69) is 21.2 Å². The van der Waals surface area contributed by atoms with Crippen molar-refractivity contribution in [2.24, 2.45) is 0 Å². The smallest absolute Gasteiger partial charge is 0.336 e. The van der Waals surface area contributed by atoms with Crippen LogP contribution in [0.25, 0.3) is 0 Å². The van der Waals surface area contributed by atoms with Crippen molar-refractivity contribution in [2.75, 3.05) is 30.9 Å². The number of hydrogen-bond acceptors (Lipinski definition) is 3. The van der Waals surface area contributed by atoms with Gasteiger partial charge in [-0.05, 0) is 40.4 Å². The highest BCUT2D eigenvalue weighted by Crippen LogP contribution is 2.21. The van der Waals surface area contributed by atoms with Crippen molar-refractivity contribution in [3.05, 3.63) is 28.2 Å². The van der Waals surface area contributed by atoms with Gasteiger partial charge in [0.05, 0.1) is 5.56 Å². The average Bonchev–Trinajstić information content (AvgIpc) is 2.37. The summed E-state index contributed by atoms with van der Waals surface area (Å²) in [5.74, 6) is -0.191. The minimum Gasteiger partial charge on any atom is -0.478 e. The van der Waals surface area contributed by atoms with E-state index in [-0.39, 0.29) is 11.6 Å². The second-order valence-corrected chi connectivity index (χ2v) is 5.68. The highest BCUT2D eigenvalue weighted by molar-refractivity contribution is 9.10. The third kappa shape index (κ3) is 4.76. The lowest BCUT2D eigenvalue weighted by Gasteiger charge is -2.17. The summed E-state index contributed by atoms with van der Waals surface area (Å²) in [6.07, 6.45) is 1.97. The molecule has 5 nitrogen and oxygen atoms in total. The van der Waals surface area contributed by atoms with Gasteiger partial charge in [0.15, 0.2) is 0 Å². The van der Waals surface area contributed by atoms with Gasteiger partial charge in [0, 0.05) is 29.5 Å². The number of carbonyl (C=O) groups is 2. The lowest BCUT2D eigenvalue weighted by molar-refractivity contribution is 0.0696. The number of urea groups is 1. The molecule has 0 bridgehead atoms. The fraction of sp³-hybridized carbons (Fsp3) is 0.333. The molecule has 104 valence electrons. The molecule has 0 aromatic heterocycles. The highest BCUT2D eigenvalue weighted by Gasteiger charge is 2.12. The highest BCUT2D eigenvalue weighted by atomic mass is 79.9. The van der Waals surface area contributed by atoms with Crippen LogP contribution in [0, 0.1) is 0 Å². The second kappa shape index (κ2) is 7.40. The number of amides is 2. The first kappa shape index (κ1) is 15.8. The van der Waals surface area contributed by atoms with Crippen LogP contribution in [0.1, 0.15) is 10.4 Å². The van der Waals surface area contributed by atoms with Crippen molar-refractivity contribution in [1.29, 1.82) is 0 Å². The van der Waals surface area contributed by atoms with Gasteiger partial charge in [-0.25, -0.2) is 9.59 Å². The van der Waals surface area contributed by atoms with Crippen LogP contribution in [-0.4, -0.2) is 47.6 Å². The van der Waals surface area contributed by atoms with Gasteiger partial charge in [-0.3, -0.25) is 0 Å². The van der Waals surface area contributed by atoms with Gasteiger partial charge in [-0.1, -0.05) is 0 Å². The molecule has 0 aliphatic carbocycles. The van der Waals surface area contributed by atoms with Crippen LogP contribution in [0.5, 0.6) is 0 Å². The van der Waals surface area contributed by atoms with Gasteiger partial charge in [-0.15, -0.1) is 0 Å². The molecule has 0 radical (unpaired) electrons. The topological polar surface area (TPSA) is 69.6 Å². The molecule has 2 amide bonds. The fourth-order valence-electron chi connectivity index (χ4n) is 1.32. The number of carbonyl (C=O) groups excluding carboxylic acids is 1. The number of aromatic carboxylic acids is 1. The quantitative estimate of drug-likeness (QED) is 0.859. The lowest BCUT2D eigenvalue weighted by atomic mass is 10.2. The van der Waals surface area contributed by atoms with E-state index in [4.69, 9.17) is 5.11 Å². The van der Waals surface area contributed by atoms with Gasteiger partial charge in [0.2, 0.25) is 0 Å². The minimum atomic E-state index is -1.04. The van der Waals surface area contributed by atoms with Gasteiger partial charge in [-0.2, -0.15) is 11.8 Å². The molecule has 0 aliphatic heterocycles. The van der Waals surface area contributed by atoms with Crippen LogP contribution in [0.4, 0.5) is 10.5 Å². The van der Waals surface area contributed by atoms with E-state index in [1.807, 2.05) is 6.26 Å². The first-order valence-electron chi connectivity index (χ1n) is 5.49. The maximum absolute atomic E-state index is 11.8. The summed E-state index contributed by atoms with van der Waals surface area (Å²) in [6.45, 7) is 0.634. The number of carboxylic acids is 1. The Morgan fingerprint density at radius 2 is 2.16 bits per heavy atom. The van der Waals surface area contributed by atoms with Crippen molar-refractivity contribution in [3.63, 3.8) is 0 Å². The molecular formula is C12H15BrN2O3S. The van der Waals surface area contributed by atoms with E-state index < -0.39 is 5.97 Å². The maximum Gasteiger partial charge on any atom is 0.336 e. The Hall–Kier alpha value is -1.21. The maximum atomic E-state index is 11.8. The molecule has 0 saturated heterocycles. The van der Waals surface area contributed by atoms with Crippen molar-refractivity contribution in [3.8, 4) is 0 Å². The first-order valence-corrected chi connectivity index (χ1v) is 7.68. The van der Waals surface area contributed by atoms with Gasteiger partial charge < -0.3 is 15.3 Å². The fourth-order valence-corrected chi connectivity index (χ4v) is 2.19. The zero-order chi connectivity index (χ0) is 14.4. The molecule has 0 aliphatic rings. The summed E-state index contributed by atoms with van der Waals surface area (Å²) in [5.41, 5.74) is 0.575. The Bertz CT molecular complexity index is 482. The number of thioether (sulfide) groups is 1. The molecule has 0 saturated carbocycles. The van der Waals surface area contributed by atoms with Crippen LogP contribution >= 0.6 is 27.7 Å². The molecule has 0 fully saturated rings. The summed E-state index contributed by atoms with van der Waals surface area (Å²) in [5, 5.41) is 11.7. The molecule has 1 aromatic carbocycles. The predicted octanol–water partition coefficient (Wildman–Crippen LogP) is 2.97. The molecule has 0 unspecified atom stereocenters. The van der Waals surface area contributed by atoms with E-state index >= 15 is 0 Å². The van der Waals surface area contributed by atoms with Crippen LogP contribution in [0.15, 0.2) is 22.7 Å². The second-order valence-electron chi connectivity index (χ2n) is 3.84. The molecule has 0 heterocycles. The number of halogens is 1. The number of hydrogen-bond donors (Lipinski definition) is 2. The zero-order valence-electron chi connectivity index (χ0n) is 10.6. The third-order valence-corrected chi connectivity index (χ3v) is 3.71. The van der Waals surface area contributed by atoms with Gasteiger partial charge in [0.1, 0.15) is 0 Å². The van der Waals surface area contributed by atoms with Crippen LogP contribution in [0.2, 0.25) is 0 Å². The average molecular weight is 347 g/mol. The Labute approximate surface area is 124 Å². The molecular weight excluding hydrogens is 332 g/mol. The molecule has 1 rings (SSSR count). The van der Waals surface area contributed by atoms with E-state index in [0.717, 1.165) is 5.75 Å². The van der Waals surface area contributed by atoms with E-state index in [9.17, 15) is 9.59 Å². The number of rotatable bonds is 5. The minimum absolute atomic E-state index is 0.115. The van der Waals surface area contributed by atoms with Crippen molar-refractivity contribution < 1.29 is 14.7 Å². The summed E-state index contributed by atoms with van der Waals surface area (Å²) in [6, 6.07) is 4.41. The van der Waals surface area contributed by atoms with Crippen LogP contribution < -0.4 is 5.32 Å². The normalized spacial score (nSPS) is 10.1. The van der Waals surface area contributed by atoms with Crippen LogP contribution in [0.3, 0.4) is 0 Å². The van der Waals surface area contributed by atoms with E-state index in [1.54, 1.807) is 35.8 Å². The number of benzene rings is 1. The number of nitrogens with one attached hydrogen (secondary N) is 1. The largest absolute Gasteiger partial charge is 0.478 e. The molecule has 7 heteroatoms. The van der Waals surface area contributed by atoms with E-state index in [0.29, 0.717) is 16.7 Å². The van der Waals surface area contributed by atoms with Gasteiger partial charge in [0.25, 0.3) is 0 Å². The first-order chi connectivity index (χ1) is 8.95. The van der Waals surface area contributed by atoms with Crippen molar-refractivity contribution >= 4 is 45.4 Å². The molecule has 19 heavy (non-hydrogen) atoms. The van der Waals surface area contributed by atoms with Crippen molar-refractivity contribution in [1.82, 2.24) is 4.90 Å². The van der Waals surface area contributed by atoms with E-state index in [1.165, 1.54) is 6.07 Å². The standard InChI is InChI=1S/C12H15BrN2O3S/c1-15(5-6-19-2)12(18)14-8-3-4-10(13)9(7-8)11(16)17/h3-4,7H,5-6H2,1-2H3,(H,14,18)(H,16,17). The third-order valence-electron chi connectivity index (χ3n) is 2.43. The Morgan fingerprint density at radius 1 is 1.47 bits per heavy atom. The van der Waals surface area contributed by atoms with Crippen molar-refractivity contribution in [2.45, 2.75) is 0 Å². The summed E-state index contributed by atoms with van der Waals surface area (Å²) in [7, 11) is 1.70.